The van der Waals surface area contributed by atoms with E-state index in [9.17, 15) is 4.79 Å². The Morgan fingerprint density at radius 1 is 1.11 bits per heavy atom. The standard InChI is InChI=1S/C15H28N2O2/c1-16(2)15(7-4-8-15)11-17(3)10-14(12-18)6-5-9-19-13-14/h12H,4-11,13H2,1-3H3. The molecule has 0 bridgehead atoms. The van der Waals surface area contributed by atoms with Crippen LogP contribution in [0, 0.1) is 5.41 Å². The SMILES string of the molecule is CN(CC1(C=O)CCCOC1)CC1(N(C)C)CCC1. The van der Waals surface area contributed by atoms with Crippen LogP contribution in [0.5, 0.6) is 0 Å². The average molecular weight is 268 g/mol. The zero-order valence-electron chi connectivity index (χ0n) is 12.7. The lowest BCUT2D eigenvalue weighted by atomic mass is 9.75. The maximum absolute atomic E-state index is 11.5. The molecule has 1 aliphatic carbocycles. The number of ether oxygens (including phenoxy) is 1. The molecule has 4 nitrogen and oxygen atoms in total. The number of likely N-dealkylation sites (N-methyl/N-ethyl adjacent to an activating group) is 2. The number of rotatable bonds is 6. The van der Waals surface area contributed by atoms with Crippen molar-refractivity contribution >= 4 is 6.29 Å². The van der Waals surface area contributed by atoms with Gasteiger partial charge in [0.15, 0.2) is 0 Å². The topological polar surface area (TPSA) is 32.8 Å². The third-order valence-electron chi connectivity index (χ3n) is 4.98. The van der Waals surface area contributed by atoms with Gasteiger partial charge in [0.2, 0.25) is 0 Å². The van der Waals surface area contributed by atoms with Crippen molar-refractivity contribution in [3.8, 4) is 0 Å². The summed E-state index contributed by atoms with van der Waals surface area (Å²) in [4.78, 5) is 16.2. The zero-order chi connectivity index (χ0) is 13.9. The number of nitrogens with zero attached hydrogens (tertiary/aromatic N) is 2. The molecule has 0 radical (unpaired) electrons. The minimum Gasteiger partial charge on any atom is -0.380 e. The first-order valence-electron chi connectivity index (χ1n) is 7.42. The number of aldehydes is 1. The molecule has 0 N–H and O–H groups in total. The predicted molar refractivity (Wildman–Crippen MR) is 76.3 cm³/mol. The molecule has 1 saturated heterocycles. The molecular weight excluding hydrogens is 240 g/mol. The molecule has 0 spiro atoms. The fraction of sp³-hybridized carbons (Fsp3) is 0.933. The number of hydrogen-bond acceptors (Lipinski definition) is 4. The van der Waals surface area contributed by atoms with Gasteiger partial charge in [-0.3, -0.25) is 0 Å². The van der Waals surface area contributed by atoms with Crippen molar-refractivity contribution in [1.29, 1.82) is 0 Å². The fourth-order valence-electron chi connectivity index (χ4n) is 3.56. The summed E-state index contributed by atoms with van der Waals surface area (Å²) in [6.45, 7) is 3.28. The van der Waals surface area contributed by atoms with Crippen molar-refractivity contribution < 1.29 is 9.53 Å². The van der Waals surface area contributed by atoms with Crippen molar-refractivity contribution in [2.75, 3.05) is 47.4 Å². The van der Waals surface area contributed by atoms with E-state index in [0.717, 1.165) is 38.8 Å². The van der Waals surface area contributed by atoms with E-state index in [1.807, 2.05) is 0 Å². The highest BCUT2D eigenvalue weighted by molar-refractivity contribution is 5.60. The zero-order valence-corrected chi connectivity index (χ0v) is 12.7. The van der Waals surface area contributed by atoms with Gasteiger partial charge >= 0.3 is 0 Å². The molecule has 0 aromatic carbocycles. The van der Waals surface area contributed by atoms with E-state index in [1.165, 1.54) is 19.3 Å². The highest BCUT2D eigenvalue weighted by atomic mass is 16.5. The van der Waals surface area contributed by atoms with Crippen LogP contribution in [0.25, 0.3) is 0 Å². The molecule has 0 amide bonds. The van der Waals surface area contributed by atoms with Crippen molar-refractivity contribution in [2.45, 2.75) is 37.6 Å². The third-order valence-corrected chi connectivity index (χ3v) is 4.98. The third kappa shape index (κ3) is 3.18. The van der Waals surface area contributed by atoms with E-state index in [2.05, 4.69) is 30.9 Å². The largest absolute Gasteiger partial charge is 0.380 e. The minimum atomic E-state index is -0.274. The fourth-order valence-corrected chi connectivity index (χ4v) is 3.56. The van der Waals surface area contributed by atoms with Gasteiger partial charge in [0.05, 0.1) is 12.0 Å². The summed E-state index contributed by atoms with van der Waals surface area (Å²) in [6.07, 6.45) is 6.98. The second-order valence-electron chi connectivity index (χ2n) is 6.78. The van der Waals surface area contributed by atoms with E-state index >= 15 is 0 Å². The van der Waals surface area contributed by atoms with Crippen LogP contribution in [0.2, 0.25) is 0 Å². The van der Waals surface area contributed by atoms with E-state index < -0.39 is 0 Å². The van der Waals surface area contributed by atoms with Gasteiger partial charge in [0.1, 0.15) is 6.29 Å². The van der Waals surface area contributed by atoms with Gasteiger partial charge in [-0.1, -0.05) is 0 Å². The van der Waals surface area contributed by atoms with E-state index in [-0.39, 0.29) is 5.41 Å². The highest BCUT2D eigenvalue weighted by Gasteiger charge is 2.41. The van der Waals surface area contributed by atoms with Crippen LogP contribution in [-0.2, 0) is 9.53 Å². The molecule has 1 atom stereocenters. The summed E-state index contributed by atoms with van der Waals surface area (Å²) in [5, 5.41) is 0. The monoisotopic (exact) mass is 268 g/mol. The lowest BCUT2D eigenvalue weighted by Gasteiger charge is -2.50. The average Bonchev–Trinajstić information content (AvgIpc) is 2.34. The Morgan fingerprint density at radius 3 is 2.26 bits per heavy atom. The molecule has 1 unspecified atom stereocenters. The lowest BCUT2D eigenvalue weighted by Crippen LogP contribution is -2.58. The van der Waals surface area contributed by atoms with Gasteiger partial charge in [-0.25, -0.2) is 0 Å². The molecule has 4 heteroatoms. The minimum absolute atomic E-state index is 0.274. The Morgan fingerprint density at radius 2 is 1.84 bits per heavy atom. The second-order valence-corrected chi connectivity index (χ2v) is 6.78. The Labute approximate surface area is 117 Å². The molecule has 0 aromatic heterocycles. The summed E-state index contributed by atoms with van der Waals surface area (Å²) in [5.74, 6) is 0. The molecule has 19 heavy (non-hydrogen) atoms. The van der Waals surface area contributed by atoms with Crippen LogP contribution in [0.15, 0.2) is 0 Å². The van der Waals surface area contributed by atoms with E-state index in [0.29, 0.717) is 12.1 Å². The normalized spacial score (nSPS) is 30.4. The smallest absolute Gasteiger partial charge is 0.129 e. The van der Waals surface area contributed by atoms with E-state index in [1.54, 1.807) is 0 Å². The second kappa shape index (κ2) is 5.90. The molecule has 2 fully saturated rings. The molecule has 110 valence electrons. The number of hydrogen-bond donors (Lipinski definition) is 0. The van der Waals surface area contributed by atoms with Crippen LogP contribution in [0.4, 0.5) is 0 Å². The van der Waals surface area contributed by atoms with Crippen molar-refractivity contribution in [3.05, 3.63) is 0 Å². The Bertz CT molecular complexity index is 307. The highest BCUT2D eigenvalue weighted by Crippen LogP contribution is 2.37. The Balaban J connectivity index is 1.92. The molecular formula is C15H28N2O2. The summed E-state index contributed by atoms with van der Waals surface area (Å²) >= 11 is 0. The van der Waals surface area contributed by atoms with Crippen molar-refractivity contribution in [1.82, 2.24) is 9.80 Å². The molecule has 2 aliphatic rings. The van der Waals surface area contributed by atoms with Crippen molar-refractivity contribution in [2.24, 2.45) is 5.41 Å². The summed E-state index contributed by atoms with van der Waals surface area (Å²) in [7, 11) is 6.49. The van der Waals surface area contributed by atoms with Crippen LogP contribution < -0.4 is 0 Å². The van der Waals surface area contributed by atoms with Gasteiger partial charge in [-0.2, -0.15) is 0 Å². The van der Waals surface area contributed by atoms with E-state index in [4.69, 9.17) is 4.74 Å². The maximum Gasteiger partial charge on any atom is 0.129 e. The summed E-state index contributed by atoms with van der Waals surface area (Å²) in [6, 6.07) is 0. The van der Waals surface area contributed by atoms with Crippen LogP contribution >= 0.6 is 0 Å². The van der Waals surface area contributed by atoms with Gasteiger partial charge in [0, 0.05) is 25.2 Å². The molecule has 1 heterocycles. The quantitative estimate of drug-likeness (QED) is 0.682. The van der Waals surface area contributed by atoms with Crippen LogP contribution in [0.3, 0.4) is 0 Å². The Hall–Kier alpha value is -0.450. The number of carbonyl (C=O) groups excluding carboxylic acids is 1. The molecule has 1 aliphatic heterocycles. The maximum atomic E-state index is 11.5. The van der Waals surface area contributed by atoms with Gasteiger partial charge in [-0.15, -0.1) is 0 Å². The lowest BCUT2D eigenvalue weighted by molar-refractivity contribution is -0.126. The van der Waals surface area contributed by atoms with Gasteiger partial charge in [-0.05, 0) is 53.2 Å². The molecule has 1 saturated carbocycles. The number of carbonyl (C=O) groups is 1. The first-order chi connectivity index (χ1) is 9.02. The Kier molecular flexibility index (Phi) is 4.64. The summed E-state index contributed by atoms with van der Waals surface area (Å²) < 4.78 is 5.53. The van der Waals surface area contributed by atoms with Gasteiger partial charge in [0.25, 0.3) is 0 Å². The van der Waals surface area contributed by atoms with Crippen LogP contribution in [-0.4, -0.2) is 69.1 Å². The first-order valence-corrected chi connectivity index (χ1v) is 7.42. The summed E-state index contributed by atoms with van der Waals surface area (Å²) in [5.41, 5.74) is 0.0542. The molecule has 2 rings (SSSR count). The van der Waals surface area contributed by atoms with Crippen molar-refractivity contribution in [3.63, 3.8) is 0 Å². The predicted octanol–water partition coefficient (Wildman–Crippen LogP) is 1.40. The molecule has 0 aromatic rings. The van der Waals surface area contributed by atoms with Gasteiger partial charge < -0.3 is 19.3 Å². The van der Waals surface area contributed by atoms with Crippen LogP contribution in [0.1, 0.15) is 32.1 Å². The first kappa shape index (κ1) is 14.9.